The molecule has 0 aromatic carbocycles. The second-order valence-corrected chi connectivity index (χ2v) is 6.07. The molecule has 3 N–H and O–H groups in total. The van der Waals surface area contributed by atoms with Crippen molar-refractivity contribution in [3.8, 4) is 0 Å². The Morgan fingerprint density at radius 3 is 2.42 bits per heavy atom. The van der Waals surface area contributed by atoms with Crippen molar-refractivity contribution in [3.63, 3.8) is 0 Å². The number of urea groups is 1. The fraction of sp³-hybridized carbons (Fsp3) is 0.571. The minimum absolute atomic E-state index is 0.203. The van der Waals surface area contributed by atoms with E-state index >= 15 is 0 Å². The molecule has 9 nitrogen and oxygen atoms in total. The number of carbonyl (C=O) groups excluding carboxylic acids is 2. The van der Waals surface area contributed by atoms with Crippen molar-refractivity contribution >= 4 is 28.9 Å². The maximum Gasteiger partial charge on any atom is 0.343 e. The van der Waals surface area contributed by atoms with Crippen LogP contribution in [0.3, 0.4) is 0 Å². The van der Waals surface area contributed by atoms with Gasteiger partial charge in [-0.05, 0) is 12.8 Å². The highest BCUT2D eigenvalue weighted by Gasteiger charge is 2.11. The number of nitrogens with zero attached hydrogens (tertiary/aromatic N) is 2. The summed E-state index contributed by atoms with van der Waals surface area (Å²) in [5.41, 5.74) is 4.01. The van der Waals surface area contributed by atoms with E-state index in [9.17, 15) is 19.2 Å². The maximum absolute atomic E-state index is 12.5. The van der Waals surface area contributed by atoms with E-state index in [2.05, 4.69) is 15.6 Å². The van der Waals surface area contributed by atoms with Crippen LogP contribution in [0.25, 0.3) is 0 Å². The Labute approximate surface area is 143 Å². The van der Waals surface area contributed by atoms with Gasteiger partial charge < -0.3 is 0 Å². The standard InChI is InChI=1S/C14H23N5O4S/c1-4-6-8-18-11(15-16-13(22)17-24-10(3)20)9-12(21)19(7-5-2)14(18)23/h9,15H,4-8H2,1-3H3,(H2,16,17,22). The van der Waals surface area contributed by atoms with Gasteiger partial charge in [0.15, 0.2) is 0 Å². The molecule has 0 aliphatic rings. The van der Waals surface area contributed by atoms with Gasteiger partial charge in [0.1, 0.15) is 5.82 Å². The zero-order chi connectivity index (χ0) is 18.1. The summed E-state index contributed by atoms with van der Waals surface area (Å²) in [7, 11) is 0. The van der Waals surface area contributed by atoms with Crippen molar-refractivity contribution in [2.45, 2.75) is 53.1 Å². The van der Waals surface area contributed by atoms with Gasteiger partial charge in [-0.2, -0.15) is 0 Å². The van der Waals surface area contributed by atoms with E-state index in [0.29, 0.717) is 31.5 Å². The van der Waals surface area contributed by atoms with Gasteiger partial charge in [-0.15, -0.1) is 0 Å². The van der Waals surface area contributed by atoms with Crippen LogP contribution in [0.4, 0.5) is 10.6 Å². The van der Waals surface area contributed by atoms with Gasteiger partial charge >= 0.3 is 11.7 Å². The highest BCUT2D eigenvalue weighted by Crippen LogP contribution is 2.03. The fourth-order valence-electron chi connectivity index (χ4n) is 1.95. The van der Waals surface area contributed by atoms with Crippen molar-refractivity contribution in [1.82, 2.24) is 19.3 Å². The van der Waals surface area contributed by atoms with Gasteiger partial charge in [-0.3, -0.25) is 28.9 Å². The molecular formula is C14H23N5O4S. The number of rotatable bonds is 7. The van der Waals surface area contributed by atoms with E-state index in [0.717, 1.165) is 12.8 Å². The number of anilines is 1. The highest BCUT2D eigenvalue weighted by molar-refractivity contribution is 8.12. The van der Waals surface area contributed by atoms with Crippen molar-refractivity contribution in [1.29, 1.82) is 0 Å². The zero-order valence-corrected chi connectivity index (χ0v) is 14.9. The molecule has 1 aromatic heterocycles. The smallest absolute Gasteiger partial charge is 0.286 e. The molecule has 1 rings (SSSR count). The van der Waals surface area contributed by atoms with E-state index in [1.807, 2.05) is 13.8 Å². The number of hydrazine groups is 1. The van der Waals surface area contributed by atoms with Gasteiger partial charge in [0.2, 0.25) is 5.12 Å². The Hall–Kier alpha value is -2.23. The van der Waals surface area contributed by atoms with Gasteiger partial charge in [-0.25, -0.2) is 15.0 Å². The summed E-state index contributed by atoms with van der Waals surface area (Å²) in [4.78, 5) is 46.9. The van der Waals surface area contributed by atoms with Gasteiger partial charge in [0.05, 0.1) is 0 Å². The van der Waals surface area contributed by atoms with Gasteiger partial charge in [0, 0.05) is 38.0 Å². The van der Waals surface area contributed by atoms with Crippen LogP contribution in [0.1, 0.15) is 40.0 Å². The van der Waals surface area contributed by atoms with Crippen molar-refractivity contribution in [2.24, 2.45) is 0 Å². The molecule has 0 aliphatic carbocycles. The first-order chi connectivity index (χ1) is 11.4. The lowest BCUT2D eigenvalue weighted by molar-refractivity contribution is -0.109. The first-order valence-corrected chi connectivity index (χ1v) is 8.56. The zero-order valence-electron chi connectivity index (χ0n) is 14.0. The summed E-state index contributed by atoms with van der Waals surface area (Å²) < 4.78 is 4.85. The SMILES string of the molecule is CCCCn1c(NNC(=O)NSC(C)=O)cc(=O)n(CCC)c1=O. The van der Waals surface area contributed by atoms with Gasteiger partial charge in [-0.1, -0.05) is 20.3 Å². The van der Waals surface area contributed by atoms with Crippen LogP contribution in [-0.2, 0) is 17.9 Å². The van der Waals surface area contributed by atoms with Crippen LogP contribution in [0.2, 0.25) is 0 Å². The Morgan fingerprint density at radius 1 is 1.12 bits per heavy atom. The van der Waals surface area contributed by atoms with E-state index in [1.165, 1.54) is 22.1 Å². The van der Waals surface area contributed by atoms with Gasteiger partial charge in [0.25, 0.3) is 5.56 Å². The predicted molar refractivity (Wildman–Crippen MR) is 93.7 cm³/mol. The number of nitrogens with one attached hydrogen (secondary N) is 3. The molecule has 1 heterocycles. The minimum atomic E-state index is -0.664. The molecular weight excluding hydrogens is 334 g/mol. The molecule has 0 spiro atoms. The average Bonchev–Trinajstić information content (AvgIpc) is 2.54. The third-order valence-corrected chi connectivity index (χ3v) is 3.63. The minimum Gasteiger partial charge on any atom is -0.286 e. The molecule has 1 aromatic rings. The molecule has 2 amide bonds. The van der Waals surface area contributed by atoms with Crippen LogP contribution < -0.4 is 26.8 Å². The summed E-state index contributed by atoms with van der Waals surface area (Å²) in [6.07, 6.45) is 2.30. The van der Waals surface area contributed by atoms with Crippen LogP contribution in [0.5, 0.6) is 0 Å². The molecule has 0 radical (unpaired) electrons. The van der Waals surface area contributed by atoms with E-state index in [4.69, 9.17) is 0 Å². The normalized spacial score (nSPS) is 10.3. The number of carbonyl (C=O) groups is 2. The third-order valence-electron chi connectivity index (χ3n) is 3.05. The molecule has 0 bridgehead atoms. The van der Waals surface area contributed by atoms with Crippen LogP contribution in [-0.4, -0.2) is 20.3 Å². The summed E-state index contributed by atoms with van der Waals surface area (Å²) in [5.74, 6) is 0.203. The Kier molecular flexibility index (Phi) is 8.10. The topological polar surface area (TPSA) is 114 Å². The number of unbranched alkanes of at least 4 members (excludes halogenated alkanes) is 1. The Balaban J connectivity index is 2.99. The monoisotopic (exact) mass is 357 g/mol. The summed E-state index contributed by atoms with van der Waals surface area (Å²) in [6, 6.07) is 0.605. The molecule has 0 fully saturated rings. The van der Waals surface area contributed by atoms with E-state index in [-0.39, 0.29) is 10.9 Å². The number of aromatic nitrogens is 2. The second kappa shape index (κ2) is 9.81. The lowest BCUT2D eigenvalue weighted by atomic mass is 10.3. The summed E-state index contributed by atoms with van der Waals surface area (Å²) in [5, 5.41) is -0.271. The van der Waals surface area contributed by atoms with Crippen LogP contribution in [0, 0.1) is 0 Å². The molecule has 24 heavy (non-hydrogen) atoms. The molecule has 134 valence electrons. The van der Waals surface area contributed by atoms with Crippen LogP contribution >= 0.6 is 11.9 Å². The molecule has 0 saturated carbocycles. The number of hydrogen-bond acceptors (Lipinski definition) is 6. The van der Waals surface area contributed by atoms with Crippen molar-refractivity contribution in [2.75, 3.05) is 5.43 Å². The molecule has 0 atom stereocenters. The molecule has 10 heteroatoms. The quantitative estimate of drug-likeness (QED) is 0.496. The lowest BCUT2D eigenvalue weighted by Gasteiger charge is -2.16. The number of amides is 2. The average molecular weight is 357 g/mol. The molecule has 0 saturated heterocycles. The largest absolute Gasteiger partial charge is 0.343 e. The summed E-state index contributed by atoms with van der Waals surface area (Å²) in [6.45, 7) is 5.95. The Bertz CT molecular complexity index is 697. The van der Waals surface area contributed by atoms with Crippen molar-refractivity contribution < 1.29 is 9.59 Å². The fourth-order valence-corrected chi connectivity index (χ4v) is 2.23. The second-order valence-electron chi connectivity index (χ2n) is 5.08. The van der Waals surface area contributed by atoms with Crippen LogP contribution in [0.15, 0.2) is 15.7 Å². The highest BCUT2D eigenvalue weighted by atomic mass is 32.2. The van der Waals surface area contributed by atoms with E-state index in [1.54, 1.807) is 0 Å². The van der Waals surface area contributed by atoms with E-state index < -0.39 is 17.3 Å². The van der Waals surface area contributed by atoms with Crippen molar-refractivity contribution in [3.05, 3.63) is 26.9 Å². The molecule has 0 aliphatic heterocycles. The Morgan fingerprint density at radius 2 is 1.83 bits per heavy atom. The third kappa shape index (κ3) is 5.76. The first kappa shape index (κ1) is 19.8. The maximum atomic E-state index is 12.5. The molecule has 0 unspecified atom stereocenters. The number of hydrogen-bond donors (Lipinski definition) is 3. The lowest BCUT2D eigenvalue weighted by Crippen LogP contribution is -2.43. The first-order valence-electron chi connectivity index (χ1n) is 7.74. The predicted octanol–water partition coefficient (Wildman–Crippen LogP) is 1.04. The summed E-state index contributed by atoms with van der Waals surface area (Å²) >= 11 is 0.633.